The predicted octanol–water partition coefficient (Wildman–Crippen LogP) is 5.32. The molecule has 116 valence electrons. The van der Waals surface area contributed by atoms with Crippen LogP contribution >= 0.6 is 11.6 Å². The van der Waals surface area contributed by atoms with Crippen LogP contribution in [0.1, 0.15) is 51.3 Å². The van der Waals surface area contributed by atoms with Crippen LogP contribution in [0.4, 0.5) is 4.39 Å². The van der Waals surface area contributed by atoms with Gasteiger partial charge in [-0.15, -0.1) is 11.6 Å². The number of alkyl halides is 1. The van der Waals surface area contributed by atoms with Crippen LogP contribution in [-0.4, -0.2) is 15.4 Å². The molecule has 2 nitrogen and oxygen atoms in total. The lowest BCUT2D eigenvalue weighted by Crippen LogP contribution is -2.05. The fraction of sp³-hybridized carbons (Fsp3) is 0.588. The van der Waals surface area contributed by atoms with Crippen LogP contribution in [0.25, 0.3) is 11.0 Å². The van der Waals surface area contributed by atoms with Gasteiger partial charge < -0.3 is 4.57 Å². The van der Waals surface area contributed by atoms with Crippen molar-refractivity contribution in [2.75, 3.05) is 5.88 Å². The van der Waals surface area contributed by atoms with Gasteiger partial charge in [-0.05, 0) is 24.6 Å². The Morgan fingerprint density at radius 2 is 1.90 bits per heavy atom. The monoisotopic (exact) mass is 310 g/mol. The van der Waals surface area contributed by atoms with E-state index in [2.05, 4.69) is 16.5 Å². The van der Waals surface area contributed by atoms with E-state index in [-0.39, 0.29) is 5.82 Å². The van der Waals surface area contributed by atoms with Crippen molar-refractivity contribution < 1.29 is 4.39 Å². The zero-order valence-corrected chi connectivity index (χ0v) is 13.5. The molecule has 0 N–H and O–H groups in total. The second-order valence-corrected chi connectivity index (χ2v) is 5.90. The third kappa shape index (κ3) is 4.44. The van der Waals surface area contributed by atoms with Gasteiger partial charge in [0, 0.05) is 18.8 Å². The van der Waals surface area contributed by atoms with Crippen LogP contribution in [0.3, 0.4) is 0 Å². The Bertz CT molecular complexity index is 565. The van der Waals surface area contributed by atoms with Gasteiger partial charge >= 0.3 is 0 Å². The minimum atomic E-state index is -0.205. The van der Waals surface area contributed by atoms with Crippen molar-refractivity contribution in [3.8, 4) is 0 Å². The molecule has 0 saturated heterocycles. The molecular formula is C17H24ClFN2. The molecule has 0 radical (unpaired) electrons. The van der Waals surface area contributed by atoms with E-state index < -0.39 is 0 Å². The third-order valence-electron chi connectivity index (χ3n) is 3.84. The average molecular weight is 311 g/mol. The molecule has 1 aromatic heterocycles. The first-order chi connectivity index (χ1) is 10.3. The first kappa shape index (κ1) is 16.3. The van der Waals surface area contributed by atoms with Crippen molar-refractivity contribution in [3.05, 3.63) is 29.8 Å². The van der Waals surface area contributed by atoms with Crippen LogP contribution in [0.5, 0.6) is 0 Å². The number of aromatic nitrogens is 2. The first-order valence-corrected chi connectivity index (χ1v) is 8.50. The fourth-order valence-electron chi connectivity index (χ4n) is 2.72. The van der Waals surface area contributed by atoms with Gasteiger partial charge in [0.05, 0.1) is 11.0 Å². The molecule has 0 aliphatic carbocycles. The van der Waals surface area contributed by atoms with Gasteiger partial charge in [-0.25, -0.2) is 9.37 Å². The summed E-state index contributed by atoms with van der Waals surface area (Å²) in [6.45, 7) is 3.13. The Labute approximate surface area is 131 Å². The summed E-state index contributed by atoms with van der Waals surface area (Å²) in [4.78, 5) is 4.58. The molecule has 1 aromatic carbocycles. The van der Waals surface area contributed by atoms with E-state index in [9.17, 15) is 4.39 Å². The second-order valence-electron chi connectivity index (χ2n) is 5.52. The van der Waals surface area contributed by atoms with Crippen molar-refractivity contribution in [2.45, 2.75) is 58.4 Å². The van der Waals surface area contributed by atoms with Crippen LogP contribution in [0, 0.1) is 5.82 Å². The molecule has 1 heterocycles. The van der Waals surface area contributed by atoms with E-state index >= 15 is 0 Å². The van der Waals surface area contributed by atoms with Crippen molar-refractivity contribution >= 4 is 22.6 Å². The molecule has 0 amide bonds. The molecule has 0 aliphatic heterocycles. The summed E-state index contributed by atoms with van der Waals surface area (Å²) in [6, 6.07) is 4.80. The zero-order valence-electron chi connectivity index (χ0n) is 12.7. The third-order valence-corrected chi connectivity index (χ3v) is 4.03. The summed E-state index contributed by atoms with van der Waals surface area (Å²) in [5.74, 6) is 1.31. The summed E-state index contributed by atoms with van der Waals surface area (Å²) >= 11 is 5.86. The van der Waals surface area contributed by atoms with E-state index in [1.807, 2.05) is 0 Å². The van der Waals surface area contributed by atoms with Crippen molar-refractivity contribution in [1.29, 1.82) is 0 Å². The normalized spacial score (nSPS) is 11.4. The highest BCUT2D eigenvalue weighted by molar-refractivity contribution is 6.17. The summed E-state index contributed by atoms with van der Waals surface area (Å²) in [6.07, 6.45) is 8.23. The summed E-state index contributed by atoms with van der Waals surface area (Å²) < 4.78 is 15.6. The number of benzene rings is 1. The Balaban J connectivity index is 2.05. The van der Waals surface area contributed by atoms with Crippen LogP contribution < -0.4 is 0 Å². The SMILES string of the molecule is CCCCCCCCn1c(CCCl)nc2ccc(F)cc21. The van der Waals surface area contributed by atoms with Gasteiger partial charge in [0.2, 0.25) is 0 Å². The number of nitrogens with zero attached hydrogens (tertiary/aromatic N) is 2. The van der Waals surface area contributed by atoms with Crippen molar-refractivity contribution in [3.63, 3.8) is 0 Å². The topological polar surface area (TPSA) is 17.8 Å². The van der Waals surface area contributed by atoms with E-state index in [1.165, 1.54) is 38.2 Å². The van der Waals surface area contributed by atoms with E-state index in [4.69, 9.17) is 11.6 Å². The quantitative estimate of drug-likeness (QED) is 0.453. The molecule has 4 heteroatoms. The smallest absolute Gasteiger partial charge is 0.125 e. The number of halogens is 2. The van der Waals surface area contributed by atoms with Crippen molar-refractivity contribution in [2.24, 2.45) is 0 Å². The molecule has 0 unspecified atom stereocenters. The van der Waals surface area contributed by atoms with E-state index in [1.54, 1.807) is 12.1 Å². The molecule has 2 aromatic rings. The number of imidazole rings is 1. The Hall–Kier alpha value is -1.09. The maximum atomic E-state index is 13.5. The van der Waals surface area contributed by atoms with Gasteiger partial charge in [-0.1, -0.05) is 39.0 Å². The van der Waals surface area contributed by atoms with Crippen LogP contribution in [0.2, 0.25) is 0 Å². The highest BCUT2D eigenvalue weighted by Gasteiger charge is 2.10. The first-order valence-electron chi connectivity index (χ1n) is 7.97. The minimum Gasteiger partial charge on any atom is -0.328 e. The van der Waals surface area contributed by atoms with Crippen molar-refractivity contribution in [1.82, 2.24) is 9.55 Å². The molecule has 0 atom stereocenters. The minimum absolute atomic E-state index is 0.205. The fourth-order valence-corrected chi connectivity index (χ4v) is 2.89. The molecule has 0 bridgehead atoms. The lowest BCUT2D eigenvalue weighted by atomic mass is 10.1. The van der Waals surface area contributed by atoms with Crippen LogP contribution in [0.15, 0.2) is 18.2 Å². The standard InChI is InChI=1S/C17H24ClFN2/c1-2-3-4-5-6-7-12-21-16-13-14(19)8-9-15(16)20-17(21)10-11-18/h8-9,13H,2-7,10-12H2,1H3. The second kappa shape index (κ2) is 8.38. The molecule has 0 spiro atoms. The Morgan fingerprint density at radius 1 is 1.14 bits per heavy atom. The maximum absolute atomic E-state index is 13.5. The van der Waals surface area contributed by atoms with Gasteiger partial charge in [0.25, 0.3) is 0 Å². The number of unbranched alkanes of at least 4 members (excludes halogenated alkanes) is 5. The predicted molar refractivity (Wildman–Crippen MR) is 87.5 cm³/mol. The Kier molecular flexibility index (Phi) is 6.50. The average Bonchev–Trinajstić information content (AvgIpc) is 2.80. The lowest BCUT2D eigenvalue weighted by molar-refractivity contribution is 0.553. The molecule has 0 fully saturated rings. The summed E-state index contributed by atoms with van der Waals surface area (Å²) in [5.41, 5.74) is 1.76. The van der Waals surface area contributed by atoms with Gasteiger partial charge in [-0.2, -0.15) is 0 Å². The number of rotatable bonds is 9. The van der Waals surface area contributed by atoms with Gasteiger partial charge in [0.15, 0.2) is 0 Å². The maximum Gasteiger partial charge on any atom is 0.125 e. The number of aryl methyl sites for hydroxylation is 2. The lowest BCUT2D eigenvalue weighted by Gasteiger charge is -2.08. The highest BCUT2D eigenvalue weighted by Crippen LogP contribution is 2.19. The molecule has 0 aliphatic rings. The van der Waals surface area contributed by atoms with Crippen LogP contribution in [-0.2, 0) is 13.0 Å². The summed E-state index contributed by atoms with van der Waals surface area (Å²) in [5, 5.41) is 0. The molecule has 0 saturated carbocycles. The highest BCUT2D eigenvalue weighted by atomic mass is 35.5. The number of hydrogen-bond donors (Lipinski definition) is 0. The Morgan fingerprint density at radius 3 is 2.67 bits per heavy atom. The van der Waals surface area contributed by atoms with Gasteiger partial charge in [0.1, 0.15) is 11.6 Å². The molecule has 2 rings (SSSR count). The molecular weight excluding hydrogens is 287 g/mol. The number of fused-ring (bicyclic) bond motifs is 1. The summed E-state index contributed by atoms with van der Waals surface area (Å²) in [7, 11) is 0. The van der Waals surface area contributed by atoms with Gasteiger partial charge in [-0.3, -0.25) is 0 Å². The van der Waals surface area contributed by atoms with E-state index in [0.717, 1.165) is 36.2 Å². The van der Waals surface area contributed by atoms with E-state index in [0.29, 0.717) is 5.88 Å². The number of hydrogen-bond acceptors (Lipinski definition) is 1. The largest absolute Gasteiger partial charge is 0.328 e. The molecule has 21 heavy (non-hydrogen) atoms. The zero-order chi connectivity index (χ0) is 15.1.